The molecule has 2 atom stereocenters. The van der Waals surface area contributed by atoms with E-state index in [0.717, 1.165) is 0 Å². The van der Waals surface area contributed by atoms with Crippen LogP contribution in [-0.2, 0) is 20.7 Å². The van der Waals surface area contributed by atoms with Crippen LogP contribution >= 0.6 is 11.8 Å². The SMILES string of the molecule is O=C(O)N[C@@H](CC(=O)N1CCSC1C(=O)N1CCOCC1)Cc1cc(F)c(F)cc1F. The van der Waals surface area contributed by atoms with Gasteiger partial charge < -0.3 is 25.0 Å². The number of nitrogens with zero attached hydrogens (tertiary/aromatic N) is 2. The second-order valence-electron chi connectivity index (χ2n) is 7.16. The van der Waals surface area contributed by atoms with Crippen molar-refractivity contribution in [2.75, 3.05) is 38.6 Å². The molecule has 0 radical (unpaired) electrons. The Morgan fingerprint density at radius 3 is 2.48 bits per heavy atom. The Morgan fingerprint density at radius 2 is 1.81 bits per heavy atom. The topological polar surface area (TPSA) is 99.2 Å². The minimum Gasteiger partial charge on any atom is -0.465 e. The molecule has 1 aromatic rings. The van der Waals surface area contributed by atoms with Gasteiger partial charge in [-0.1, -0.05) is 0 Å². The Balaban J connectivity index is 1.70. The number of carbonyl (C=O) groups is 3. The minimum atomic E-state index is -1.45. The third-order valence-electron chi connectivity index (χ3n) is 5.05. The molecule has 0 aliphatic carbocycles. The number of amides is 3. The first-order chi connectivity index (χ1) is 14.8. The van der Waals surface area contributed by atoms with Crippen LogP contribution in [-0.4, -0.2) is 82.8 Å². The van der Waals surface area contributed by atoms with Crippen LogP contribution in [0.4, 0.5) is 18.0 Å². The molecule has 0 saturated carbocycles. The molecule has 3 amide bonds. The van der Waals surface area contributed by atoms with Crippen molar-refractivity contribution in [3.05, 3.63) is 35.1 Å². The third kappa shape index (κ3) is 5.82. The number of benzene rings is 1. The lowest BCUT2D eigenvalue weighted by atomic mass is 10.0. The molecule has 31 heavy (non-hydrogen) atoms. The van der Waals surface area contributed by atoms with Crippen molar-refractivity contribution in [2.45, 2.75) is 24.3 Å². The molecule has 8 nitrogen and oxygen atoms in total. The number of halogens is 3. The van der Waals surface area contributed by atoms with Gasteiger partial charge in [-0.15, -0.1) is 11.8 Å². The fourth-order valence-electron chi connectivity index (χ4n) is 3.53. The first-order valence-electron chi connectivity index (χ1n) is 9.66. The summed E-state index contributed by atoms with van der Waals surface area (Å²) < 4.78 is 45.9. The Kier molecular flexibility index (Phi) is 7.65. The monoisotopic (exact) mass is 461 g/mol. The van der Waals surface area contributed by atoms with Gasteiger partial charge in [-0.05, 0) is 18.1 Å². The van der Waals surface area contributed by atoms with E-state index in [1.165, 1.54) is 16.7 Å². The highest BCUT2D eigenvalue weighted by atomic mass is 32.2. The summed E-state index contributed by atoms with van der Waals surface area (Å²) in [4.78, 5) is 39.8. The van der Waals surface area contributed by atoms with Crippen LogP contribution in [0.25, 0.3) is 0 Å². The van der Waals surface area contributed by atoms with Crippen molar-refractivity contribution >= 4 is 29.7 Å². The number of carbonyl (C=O) groups excluding carboxylic acids is 2. The lowest BCUT2D eigenvalue weighted by Crippen LogP contribution is -2.51. The van der Waals surface area contributed by atoms with E-state index < -0.39 is 40.9 Å². The second-order valence-corrected chi connectivity index (χ2v) is 8.35. The molecule has 3 rings (SSSR count). The molecule has 2 aliphatic rings. The minimum absolute atomic E-state index is 0.214. The number of thioether (sulfide) groups is 1. The summed E-state index contributed by atoms with van der Waals surface area (Å²) in [5.41, 5.74) is -0.262. The van der Waals surface area contributed by atoms with Crippen LogP contribution in [0.15, 0.2) is 12.1 Å². The lowest BCUT2D eigenvalue weighted by molar-refractivity contribution is -0.144. The van der Waals surface area contributed by atoms with E-state index in [1.807, 2.05) is 0 Å². The summed E-state index contributed by atoms with van der Waals surface area (Å²) in [6.07, 6.45) is -2.17. The molecule has 2 saturated heterocycles. The van der Waals surface area contributed by atoms with Crippen molar-refractivity contribution < 1.29 is 37.4 Å². The molecule has 0 spiro atoms. The van der Waals surface area contributed by atoms with Crippen molar-refractivity contribution in [3.63, 3.8) is 0 Å². The van der Waals surface area contributed by atoms with E-state index >= 15 is 0 Å². The van der Waals surface area contributed by atoms with Gasteiger partial charge >= 0.3 is 6.09 Å². The normalized spacial score (nSPS) is 19.9. The van der Waals surface area contributed by atoms with E-state index in [0.29, 0.717) is 50.7 Å². The quantitative estimate of drug-likeness (QED) is 0.622. The smallest absolute Gasteiger partial charge is 0.404 e. The number of carboxylic acid groups (broad SMARTS) is 1. The van der Waals surface area contributed by atoms with Gasteiger partial charge in [0.25, 0.3) is 5.91 Å². The summed E-state index contributed by atoms with van der Waals surface area (Å²) >= 11 is 1.32. The van der Waals surface area contributed by atoms with Crippen LogP contribution in [0.1, 0.15) is 12.0 Å². The molecular formula is C19H22F3N3O5S. The van der Waals surface area contributed by atoms with E-state index in [1.54, 1.807) is 4.90 Å². The van der Waals surface area contributed by atoms with Gasteiger partial charge in [-0.25, -0.2) is 18.0 Å². The molecule has 2 heterocycles. The molecule has 0 aromatic heterocycles. The number of morpholine rings is 1. The third-order valence-corrected chi connectivity index (χ3v) is 6.24. The zero-order valence-corrected chi connectivity index (χ0v) is 17.3. The van der Waals surface area contributed by atoms with Gasteiger partial charge in [0.2, 0.25) is 5.91 Å². The molecule has 170 valence electrons. The highest BCUT2D eigenvalue weighted by Gasteiger charge is 2.38. The molecule has 1 aromatic carbocycles. The largest absolute Gasteiger partial charge is 0.465 e. The summed E-state index contributed by atoms with van der Waals surface area (Å²) in [5, 5.41) is 10.5. The van der Waals surface area contributed by atoms with Gasteiger partial charge in [-0.3, -0.25) is 9.59 Å². The fourth-order valence-corrected chi connectivity index (χ4v) is 4.75. The molecule has 12 heteroatoms. The number of ether oxygens (including phenoxy) is 1. The predicted octanol–water partition coefficient (Wildman–Crippen LogP) is 1.43. The zero-order valence-electron chi connectivity index (χ0n) is 16.5. The maximum Gasteiger partial charge on any atom is 0.404 e. The number of hydrogen-bond acceptors (Lipinski definition) is 5. The highest BCUT2D eigenvalue weighted by molar-refractivity contribution is 8.00. The van der Waals surface area contributed by atoms with E-state index in [-0.39, 0.29) is 24.3 Å². The molecule has 2 aliphatic heterocycles. The lowest BCUT2D eigenvalue weighted by Gasteiger charge is -2.32. The summed E-state index contributed by atoms with van der Waals surface area (Å²) in [7, 11) is 0. The number of hydrogen-bond donors (Lipinski definition) is 2. The van der Waals surface area contributed by atoms with Crippen molar-refractivity contribution in [1.29, 1.82) is 0 Å². The van der Waals surface area contributed by atoms with Crippen LogP contribution in [0.3, 0.4) is 0 Å². The average molecular weight is 461 g/mol. The van der Waals surface area contributed by atoms with Gasteiger partial charge in [0.15, 0.2) is 17.0 Å². The Bertz CT molecular complexity index is 853. The van der Waals surface area contributed by atoms with Gasteiger partial charge in [0, 0.05) is 43.9 Å². The summed E-state index contributed by atoms with van der Waals surface area (Å²) in [6, 6.07) is -0.0743. The maximum atomic E-state index is 14.0. The Labute approximate surface area is 180 Å². The van der Waals surface area contributed by atoms with E-state index in [4.69, 9.17) is 9.84 Å². The maximum absolute atomic E-state index is 14.0. The van der Waals surface area contributed by atoms with Gasteiger partial charge in [-0.2, -0.15) is 0 Å². The molecule has 2 fully saturated rings. The number of nitrogens with one attached hydrogen (secondary N) is 1. The zero-order chi connectivity index (χ0) is 22.5. The Hall–Kier alpha value is -2.47. The standard InChI is InChI=1S/C19H22F3N3O5S/c20-13-10-15(22)14(21)8-11(13)7-12(23-19(28)29)9-16(26)25-3-6-31-18(25)17(27)24-1-4-30-5-2-24/h8,10,12,18,23H,1-7,9H2,(H,28,29)/t12-,18?/m1/s1. The molecule has 0 bridgehead atoms. The molecule has 2 N–H and O–H groups in total. The van der Waals surface area contributed by atoms with Crippen LogP contribution in [0.5, 0.6) is 0 Å². The van der Waals surface area contributed by atoms with E-state index in [2.05, 4.69) is 5.32 Å². The summed E-state index contributed by atoms with van der Waals surface area (Å²) in [5.74, 6) is -3.84. The van der Waals surface area contributed by atoms with Gasteiger partial charge in [0.05, 0.1) is 13.2 Å². The van der Waals surface area contributed by atoms with Crippen LogP contribution < -0.4 is 5.32 Å². The highest BCUT2D eigenvalue weighted by Crippen LogP contribution is 2.27. The average Bonchev–Trinajstić information content (AvgIpc) is 3.21. The first-order valence-corrected chi connectivity index (χ1v) is 10.7. The van der Waals surface area contributed by atoms with E-state index in [9.17, 15) is 27.6 Å². The summed E-state index contributed by atoms with van der Waals surface area (Å²) in [6.45, 7) is 2.00. The molecule has 1 unspecified atom stereocenters. The van der Waals surface area contributed by atoms with Gasteiger partial charge in [0.1, 0.15) is 5.82 Å². The van der Waals surface area contributed by atoms with Crippen molar-refractivity contribution in [1.82, 2.24) is 15.1 Å². The van der Waals surface area contributed by atoms with Crippen molar-refractivity contribution in [3.8, 4) is 0 Å². The number of rotatable bonds is 6. The fraction of sp³-hybridized carbons (Fsp3) is 0.526. The van der Waals surface area contributed by atoms with Crippen molar-refractivity contribution in [2.24, 2.45) is 0 Å². The Morgan fingerprint density at radius 1 is 1.13 bits per heavy atom. The van der Waals surface area contributed by atoms with Crippen LogP contribution in [0, 0.1) is 17.5 Å². The molecular weight excluding hydrogens is 439 g/mol. The first kappa shape index (κ1) is 23.2. The van der Waals surface area contributed by atoms with Crippen LogP contribution in [0.2, 0.25) is 0 Å². The second kappa shape index (κ2) is 10.2. The predicted molar refractivity (Wildman–Crippen MR) is 105 cm³/mol.